The van der Waals surface area contributed by atoms with Gasteiger partial charge in [-0.3, -0.25) is 0 Å². The topological polar surface area (TPSA) is 72.8 Å². The van der Waals surface area contributed by atoms with Crippen molar-refractivity contribution in [3.63, 3.8) is 0 Å². The average molecular weight is 232 g/mol. The summed E-state index contributed by atoms with van der Waals surface area (Å²) in [6.07, 6.45) is 0. The van der Waals surface area contributed by atoms with Crippen LogP contribution in [-0.4, -0.2) is 33.7 Å². The summed E-state index contributed by atoms with van der Waals surface area (Å²) in [6, 6.07) is 4.36. The highest BCUT2D eigenvalue weighted by atomic mass is 32.2. The van der Waals surface area contributed by atoms with Gasteiger partial charge in [0.1, 0.15) is 22.3 Å². The van der Waals surface area contributed by atoms with Crippen LogP contribution in [0, 0.1) is 0 Å². The second-order valence-electron chi connectivity index (χ2n) is 2.76. The van der Waals surface area contributed by atoms with Crippen molar-refractivity contribution in [2.75, 3.05) is 20.2 Å². The van der Waals surface area contributed by atoms with Crippen LogP contribution in [0.4, 0.5) is 0 Å². The molecule has 0 aliphatic rings. The summed E-state index contributed by atoms with van der Waals surface area (Å²) in [5, 5.41) is 8.75. The molecule has 84 valence electrons. The van der Waals surface area contributed by atoms with Crippen molar-refractivity contribution in [1.29, 1.82) is 0 Å². The quantitative estimate of drug-likeness (QED) is 0.814. The van der Waals surface area contributed by atoms with Crippen LogP contribution in [0.25, 0.3) is 0 Å². The number of hydrogen-bond acceptors (Lipinski definition) is 5. The highest BCUT2D eigenvalue weighted by molar-refractivity contribution is 7.91. The second-order valence-corrected chi connectivity index (χ2v) is 4.69. The molecule has 0 heterocycles. The van der Waals surface area contributed by atoms with E-state index in [9.17, 15) is 8.42 Å². The van der Waals surface area contributed by atoms with E-state index in [0.717, 1.165) is 0 Å². The summed E-state index contributed by atoms with van der Waals surface area (Å²) in [5.41, 5.74) is 0. The Morgan fingerprint density at radius 2 is 1.93 bits per heavy atom. The monoisotopic (exact) mass is 232 g/mol. The summed E-state index contributed by atoms with van der Waals surface area (Å²) < 4.78 is 32.7. The van der Waals surface area contributed by atoms with Gasteiger partial charge in [0.2, 0.25) is 9.84 Å². The summed E-state index contributed by atoms with van der Waals surface area (Å²) in [5.74, 6) is -0.385. The molecule has 6 heteroatoms. The molecule has 0 saturated heterocycles. The third kappa shape index (κ3) is 2.40. The Balaban J connectivity index is 3.36. The fraction of sp³-hybridized carbons (Fsp3) is 0.333. The van der Waals surface area contributed by atoms with Crippen LogP contribution in [-0.2, 0) is 9.84 Å². The molecule has 0 aromatic heterocycles. The van der Waals surface area contributed by atoms with Crippen LogP contribution in [0.2, 0.25) is 0 Å². The van der Waals surface area contributed by atoms with Gasteiger partial charge >= 0.3 is 0 Å². The SMILES string of the molecule is COc1ccc(OC)c(S(=O)(=O)CO)c1. The second kappa shape index (κ2) is 4.50. The molecule has 1 rings (SSSR count). The molecule has 5 nitrogen and oxygen atoms in total. The Labute approximate surface area is 88.2 Å². The number of rotatable bonds is 4. The predicted molar refractivity (Wildman–Crippen MR) is 53.8 cm³/mol. The van der Waals surface area contributed by atoms with Crippen molar-refractivity contribution in [2.24, 2.45) is 0 Å². The van der Waals surface area contributed by atoms with Crippen molar-refractivity contribution in [3.8, 4) is 11.5 Å². The first-order chi connectivity index (χ1) is 7.05. The third-order valence-corrected chi connectivity index (χ3v) is 3.20. The van der Waals surface area contributed by atoms with Gasteiger partial charge in [0.25, 0.3) is 0 Å². The molecule has 0 saturated carbocycles. The molecule has 0 spiro atoms. The van der Waals surface area contributed by atoms with E-state index in [1.165, 1.54) is 26.4 Å². The minimum Gasteiger partial charge on any atom is -0.497 e. The molecule has 0 unspecified atom stereocenters. The molecule has 1 N–H and O–H groups in total. The van der Waals surface area contributed by atoms with E-state index in [4.69, 9.17) is 14.6 Å². The predicted octanol–water partition coefficient (Wildman–Crippen LogP) is 0.427. The van der Waals surface area contributed by atoms with E-state index in [-0.39, 0.29) is 10.6 Å². The van der Waals surface area contributed by atoms with E-state index in [1.807, 2.05) is 0 Å². The first-order valence-electron chi connectivity index (χ1n) is 4.11. The minimum atomic E-state index is -3.72. The molecule has 0 aliphatic carbocycles. The van der Waals surface area contributed by atoms with Crippen molar-refractivity contribution in [1.82, 2.24) is 0 Å². The van der Waals surface area contributed by atoms with E-state index in [1.54, 1.807) is 6.07 Å². The van der Waals surface area contributed by atoms with Gasteiger partial charge in [0, 0.05) is 6.07 Å². The number of aliphatic hydroxyl groups is 1. The zero-order valence-electron chi connectivity index (χ0n) is 8.43. The number of benzene rings is 1. The van der Waals surface area contributed by atoms with Crippen LogP contribution < -0.4 is 9.47 Å². The van der Waals surface area contributed by atoms with Gasteiger partial charge < -0.3 is 14.6 Å². The summed E-state index contributed by atoms with van der Waals surface area (Å²) in [6.45, 7) is 0. The van der Waals surface area contributed by atoms with Crippen molar-refractivity contribution >= 4 is 9.84 Å². The number of ether oxygens (including phenoxy) is 2. The molecule has 15 heavy (non-hydrogen) atoms. The van der Waals surface area contributed by atoms with E-state index in [0.29, 0.717) is 5.75 Å². The van der Waals surface area contributed by atoms with E-state index < -0.39 is 15.8 Å². The summed E-state index contributed by atoms with van der Waals surface area (Å²) in [4.78, 5) is -0.0770. The molecule has 0 radical (unpaired) electrons. The lowest BCUT2D eigenvalue weighted by atomic mass is 10.3. The van der Waals surface area contributed by atoms with Gasteiger partial charge in [-0.2, -0.15) is 0 Å². The molecule has 0 bridgehead atoms. The lowest BCUT2D eigenvalue weighted by Crippen LogP contribution is -2.07. The average Bonchev–Trinajstić information content (AvgIpc) is 2.28. The molecule has 0 fully saturated rings. The number of aliphatic hydroxyl groups excluding tert-OH is 1. The minimum absolute atomic E-state index is 0.0770. The Morgan fingerprint density at radius 1 is 1.27 bits per heavy atom. The Hall–Kier alpha value is -1.27. The van der Waals surface area contributed by atoms with Crippen LogP contribution in [0.5, 0.6) is 11.5 Å². The van der Waals surface area contributed by atoms with Crippen LogP contribution in [0.3, 0.4) is 0 Å². The van der Waals surface area contributed by atoms with Gasteiger partial charge in [-0.25, -0.2) is 8.42 Å². The first-order valence-corrected chi connectivity index (χ1v) is 5.76. The summed E-state index contributed by atoms with van der Waals surface area (Å²) in [7, 11) is -0.936. The zero-order chi connectivity index (χ0) is 11.5. The number of sulfone groups is 1. The van der Waals surface area contributed by atoms with E-state index >= 15 is 0 Å². The smallest absolute Gasteiger partial charge is 0.205 e. The number of hydrogen-bond donors (Lipinski definition) is 1. The highest BCUT2D eigenvalue weighted by Crippen LogP contribution is 2.28. The molecule has 0 aliphatic heterocycles. The molecular formula is C9H12O5S. The lowest BCUT2D eigenvalue weighted by molar-refractivity contribution is 0.355. The standard InChI is InChI=1S/C9H12O5S/c1-13-7-3-4-8(14-2)9(5-7)15(11,12)6-10/h3-5,10H,6H2,1-2H3. The first kappa shape index (κ1) is 11.8. The zero-order valence-corrected chi connectivity index (χ0v) is 9.24. The molecule has 1 aromatic carbocycles. The molecule has 0 atom stereocenters. The Kier molecular flexibility index (Phi) is 3.54. The van der Waals surface area contributed by atoms with Crippen molar-refractivity contribution in [3.05, 3.63) is 18.2 Å². The van der Waals surface area contributed by atoms with E-state index in [2.05, 4.69) is 0 Å². The maximum absolute atomic E-state index is 11.5. The maximum Gasteiger partial charge on any atom is 0.205 e. The van der Waals surface area contributed by atoms with Crippen LogP contribution in [0.1, 0.15) is 0 Å². The Bertz CT molecular complexity index is 438. The Morgan fingerprint density at radius 3 is 2.40 bits per heavy atom. The van der Waals surface area contributed by atoms with Crippen LogP contribution >= 0.6 is 0 Å². The van der Waals surface area contributed by atoms with Gasteiger partial charge in [-0.15, -0.1) is 0 Å². The van der Waals surface area contributed by atoms with Crippen molar-refractivity contribution in [2.45, 2.75) is 4.90 Å². The summed E-state index contributed by atoms with van der Waals surface area (Å²) >= 11 is 0. The largest absolute Gasteiger partial charge is 0.497 e. The lowest BCUT2D eigenvalue weighted by Gasteiger charge is -2.09. The molecular weight excluding hydrogens is 220 g/mol. The fourth-order valence-electron chi connectivity index (χ4n) is 1.10. The highest BCUT2D eigenvalue weighted by Gasteiger charge is 2.19. The van der Waals surface area contributed by atoms with Gasteiger partial charge in [-0.05, 0) is 12.1 Å². The van der Waals surface area contributed by atoms with Gasteiger partial charge in [0.05, 0.1) is 14.2 Å². The fourth-order valence-corrected chi connectivity index (χ4v) is 1.99. The van der Waals surface area contributed by atoms with Gasteiger partial charge in [-0.1, -0.05) is 0 Å². The molecule has 0 amide bonds. The maximum atomic E-state index is 11.5. The van der Waals surface area contributed by atoms with Crippen LogP contribution in [0.15, 0.2) is 23.1 Å². The normalized spacial score (nSPS) is 11.1. The van der Waals surface area contributed by atoms with Crippen molar-refractivity contribution < 1.29 is 23.0 Å². The third-order valence-electron chi connectivity index (χ3n) is 1.88. The molecule has 1 aromatic rings. The van der Waals surface area contributed by atoms with Gasteiger partial charge in [0.15, 0.2) is 0 Å². The number of methoxy groups -OCH3 is 2.